The molecule has 0 radical (unpaired) electrons. The third-order valence-corrected chi connectivity index (χ3v) is 4.96. The smallest absolute Gasteiger partial charge is 0.289 e. The fraction of sp³-hybridized carbons (Fsp3) is 0.389. The first-order valence-corrected chi connectivity index (χ1v) is 7.98. The van der Waals surface area contributed by atoms with Crippen molar-refractivity contribution in [3.05, 3.63) is 59.8 Å². The number of aliphatic hydroxyl groups is 1. The minimum atomic E-state index is -0.792. The maximum Gasteiger partial charge on any atom is 0.289 e. The molecule has 1 amide bonds. The number of rotatable bonds is 2. The number of hydrogen-bond donors (Lipinski definition) is 1. The lowest BCUT2D eigenvalue weighted by Gasteiger charge is -2.25. The quantitative estimate of drug-likeness (QED) is 0.916. The van der Waals surface area contributed by atoms with Gasteiger partial charge >= 0.3 is 0 Å². The van der Waals surface area contributed by atoms with E-state index < -0.39 is 11.7 Å². The van der Waals surface area contributed by atoms with Gasteiger partial charge in [0.05, 0.1) is 26.0 Å². The molecule has 2 fully saturated rings. The first-order valence-electron chi connectivity index (χ1n) is 7.98. The summed E-state index contributed by atoms with van der Waals surface area (Å²) in [6.45, 7) is 0.915. The molecule has 2 aliphatic heterocycles. The van der Waals surface area contributed by atoms with Crippen LogP contribution in [0, 0.1) is 5.82 Å². The van der Waals surface area contributed by atoms with Gasteiger partial charge in [-0.3, -0.25) is 4.79 Å². The summed E-state index contributed by atoms with van der Waals surface area (Å²) in [5.41, 5.74) is 0.0640. The Labute approximate surface area is 138 Å². The number of aliphatic hydroxyl groups excluding tert-OH is 1. The lowest BCUT2D eigenvalue weighted by molar-refractivity contribution is -0.0591. The molecule has 1 aromatic carbocycles. The van der Waals surface area contributed by atoms with Crippen molar-refractivity contribution in [3.8, 4) is 0 Å². The van der Waals surface area contributed by atoms with E-state index >= 15 is 0 Å². The van der Waals surface area contributed by atoms with Gasteiger partial charge in [0.25, 0.3) is 5.91 Å². The summed E-state index contributed by atoms with van der Waals surface area (Å²) >= 11 is 0. The van der Waals surface area contributed by atoms with Crippen molar-refractivity contribution in [1.29, 1.82) is 0 Å². The van der Waals surface area contributed by atoms with E-state index in [0.717, 1.165) is 5.56 Å². The second-order valence-corrected chi connectivity index (χ2v) is 6.51. The molecular weight excluding hydrogens is 313 g/mol. The molecule has 4 rings (SSSR count). The number of furan rings is 1. The first kappa shape index (κ1) is 15.4. The minimum absolute atomic E-state index is 0.00835. The molecule has 1 N–H and O–H groups in total. The Bertz CT molecular complexity index is 747. The van der Waals surface area contributed by atoms with Crippen molar-refractivity contribution in [3.63, 3.8) is 0 Å². The molecule has 2 saturated heterocycles. The number of amides is 1. The van der Waals surface area contributed by atoms with Crippen LogP contribution >= 0.6 is 0 Å². The Hall–Kier alpha value is -2.18. The van der Waals surface area contributed by atoms with E-state index in [2.05, 4.69) is 0 Å². The van der Waals surface area contributed by atoms with Crippen LogP contribution in [0.1, 0.15) is 28.5 Å². The van der Waals surface area contributed by atoms with E-state index in [1.165, 1.54) is 18.4 Å². The zero-order valence-corrected chi connectivity index (χ0v) is 13.0. The lowest BCUT2D eigenvalue weighted by atomic mass is 9.87. The summed E-state index contributed by atoms with van der Waals surface area (Å²) in [6.07, 6.45) is 1.23. The van der Waals surface area contributed by atoms with E-state index in [1.54, 1.807) is 23.1 Å². The van der Waals surface area contributed by atoms with Crippen LogP contribution in [0.4, 0.5) is 4.39 Å². The molecule has 0 saturated carbocycles. The molecule has 0 aliphatic carbocycles. The predicted octanol–water partition coefficient (Wildman–Crippen LogP) is 2.18. The maximum atomic E-state index is 13.4. The molecule has 2 aromatic rings. The van der Waals surface area contributed by atoms with Crippen molar-refractivity contribution < 1.29 is 23.4 Å². The number of β-amino-alcohol motifs (C(OH)–C–C–N with tert-alkyl or cyclic N) is 1. The molecule has 0 bridgehead atoms. The Morgan fingerprint density at radius 3 is 2.96 bits per heavy atom. The predicted molar refractivity (Wildman–Crippen MR) is 83.1 cm³/mol. The monoisotopic (exact) mass is 331 g/mol. The number of carbonyl (C=O) groups excluding carboxylic acids is 1. The van der Waals surface area contributed by atoms with Crippen molar-refractivity contribution in [2.24, 2.45) is 0 Å². The number of carbonyl (C=O) groups is 1. The molecule has 3 atom stereocenters. The van der Waals surface area contributed by atoms with Gasteiger partial charge < -0.3 is 19.2 Å². The number of ether oxygens (including phenoxy) is 1. The van der Waals surface area contributed by atoms with Gasteiger partial charge in [-0.05, 0) is 36.2 Å². The summed E-state index contributed by atoms with van der Waals surface area (Å²) in [5, 5.41) is 10.5. The second-order valence-electron chi connectivity index (χ2n) is 6.51. The van der Waals surface area contributed by atoms with Gasteiger partial charge in [0.1, 0.15) is 17.5 Å². The van der Waals surface area contributed by atoms with Gasteiger partial charge in [-0.25, -0.2) is 4.39 Å². The molecule has 1 aromatic heterocycles. The van der Waals surface area contributed by atoms with Crippen molar-refractivity contribution in [2.45, 2.75) is 24.0 Å². The SMILES string of the molecule is O=C(c1ccco1)N1C[C@@H](O)[C@@]2(C[C@H](c3cccc(F)c3)CO2)C1. The van der Waals surface area contributed by atoms with E-state index in [-0.39, 0.29) is 29.9 Å². The van der Waals surface area contributed by atoms with Crippen LogP contribution in [0.5, 0.6) is 0 Å². The zero-order chi connectivity index (χ0) is 16.7. The van der Waals surface area contributed by atoms with E-state index in [1.807, 2.05) is 6.07 Å². The summed E-state index contributed by atoms with van der Waals surface area (Å²) in [4.78, 5) is 14.0. The van der Waals surface area contributed by atoms with Crippen LogP contribution in [0.3, 0.4) is 0 Å². The first-order chi connectivity index (χ1) is 11.6. The van der Waals surface area contributed by atoms with Gasteiger partial charge in [0.2, 0.25) is 0 Å². The van der Waals surface area contributed by atoms with Crippen LogP contribution in [0.15, 0.2) is 47.1 Å². The van der Waals surface area contributed by atoms with Crippen molar-refractivity contribution in [2.75, 3.05) is 19.7 Å². The fourth-order valence-corrected chi connectivity index (χ4v) is 3.70. The highest BCUT2D eigenvalue weighted by atomic mass is 19.1. The highest BCUT2D eigenvalue weighted by Crippen LogP contribution is 2.42. The Balaban J connectivity index is 1.51. The van der Waals surface area contributed by atoms with Gasteiger partial charge in [-0.1, -0.05) is 12.1 Å². The van der Waals surface area contributed by atoms with Gasteiger partial charge in [-0.2, -0.15) is 0 Å². The van der Waals surface area contributed by atoms with E-state index in [4.69, 9.17) is 9.15 Å². The molecule has 2 aliphatic rings. The van der Waals surface area contributed by atoms with E-state index in [9.17, 15) is 14.3 Å². The van der Waals surface area contributed by atoms with Crippen molar-refractivity contribution in [1.82, 2.24) is 4.90 Å². The molecule has 24 heavy (non-hydrogen) atoms. The number of likely N-dealkylation sites (tertiary alicyclic amines) is 1. The van der Waals surface area contributed by atoms with Gasteiger partial charge in [0, 0.05) is 5.92 Å². The number of hydrogen-bond acceptors (Lipinski definition) is 4. The summed E-state index contributed by atoms with van der Waals surface area (Å²) < 4.78 is 24.5. The van der Waals surface area contributed by atoms with Crippen LogP contribution in [-0.4, -0.2) is 47.3 Å². The highest BCUT2D eigenvalue weighted by Gasteiger charge is 2.53. The van der Waals surface area contributed by atoms with Crippen LogP contribution in [0.25, 0.3) is 0 Å². The molecule has 0 unspecified atom stereocenters. The van der Waals surface area contributed by atoms with Gasteiger partial charge in [-0.15, -0.1) is 0 Å². The number of nitrogens with zero attached hydrogens (tertiary/aromatic N) is 1. The molecule has 6 heteroatoms. The topological polar surface area (TPSA) is 62.9 Å². The zero-order valence-electron chi connectivity index (χ0n) is 13.0. The fourth-order valence-electron chi connectivity index (χ4n) is 3.70. The van der Waals surface area contributed by atoms with E-state index in [0.29, 0.717) is 19.6 Å². The average Bonchev–Trinajstić information content (AvgIpc) is 3.30. The minimum Gasteiger partial charge on any atom is -0.459 e. The van der Waals surface area contributed by atoms with Crippen LogP contribution in [-0.2, 0) is 4.74 Å². The lowest BCUT2D eigenvalue weighted by Crippen LogP contribution is -2.41. The summed E-state index contributed by atoms with van der Waals surface area (Å²) in [7, 11) is 0. The third kappa shape index (κ3) is 2.52. The average molecular weight is 331 g/mol. The van der Waals surface area contributed by atoms with Crippen LogP contribution in [0.2, 0.25) is 0 Å². The number of benzene rings is 1. The molecule has 5 nitrogen and oxygen atoms in total. The normalized spacial score (nSPS) is 29.5. The second kappa shape index (κ2) is 5.72. The standard InChI is InChI=1S/C18H18FNO4/c19-14-4-1-3-12(7-14)13-8-18(24-10-13)11-20(9-16(18)21)17(22)15-5-2-6-23-15/h1-7,13,16,21H,8-11H2/t13-,16+,18+/m0/s1. The van der Waals surface area contributed by atoms with Crippen LogP contribution < -0.4 is 0 Å². The molecule has 1 spiro atoms. The Kier molecular flexibility index (Phi) is 3.66. The number of halogens is 1. The summed E-state index contributed by atoms with van der Waals surface area (Å²) in [5.74, 6) is -0.281. The Morgan fingerprint density at radius 2 is 2.21 bits per heavy atom. The summed E-state index contributed by atoms with van der Waals surface area (Å²) in [6, 6.07) is 9.70. The van der Waals surface area contributed by atoms with Gasteiger partial charge in [0.15, 0.2) is 5.76 Å². The van der Waals surface area contributed by atoms with Crippen molar-refractivity contribution >= 4 is 5.91 Å². The molecule has 126 valence electrons. The largest absolute Gasteiger partial charge is 0.459 e. The molecule has 3 heterocycles. The third-order valence-electron chi connectivity index (χ3n) is 4.96. The highest BCUT2D eigenvalue weighted by molar-refractivity contribution is 5.91. The molecular formula is C18H18FNO4. The Morgan fingerprint density at radius 1 is 1.33 bits per heavy atom. The maximum absolute atomic E-state index is 13.4.